The molecule has 2 atom stereocenters. The Balaban J connectivity index is 4.28. The fraction of sp³-hybridized carbons (Fsp3) is 0.886. The van der Waals surface area contributed by atoms with Crippen molar-refractivity contribution in [2.24, 2.45) is 0 Å². The smallest absolute Gasteiger partial charge is 0.306 e. The van der Waals surface area contributed by atoms with E-state index in [-0.39, 0.29) is 25.8 Å². The molecule has 8 nitrogen and oxygen atoms in total. The van der Waals surface area contributed by atoms with Gasteiger partial charge in [0.2, 0.25) is 0 Å². The second kappa shape index (κ2) is 37.7. The molecule has 1 unspecified atom stereocenters. The van der Waals surface area contributed by atoms with Gasteiger partial charge in [-0.2, -0.15) is 0 Å². The lowest BCUT2D eigenvalue weighted by molar-refractivity contribution is -0.870. The van der Waals surface area contributed by atoms with Crippen LogP contribution in [0.1, 0.15) is 200 Å². The number of quaternary nitrogens is 1. The first-order valence-electron chi connectivity index (χ1n) is 22.1. The van der Waals surface area contributed by atoms with Crippen LogP contribution >= 0.6 is 7.82 Å². The molecule has 0 saturated heterocycles. The Bertz CT molecular complexity index is 905. The third-order valence-corrected chi connectivity index (χ3v) is 10.5. The lowest BCUT2D eigenvalue weighted by Crippen LogP contribution is -2.37. The van der Waals surface area contributed by atoms with Crippen LogP contribution in [0.2, 0.25) is 0 Å². The van der Waals surface area contributed by atoms with Crippen LogP contribution < -0.4 is 4.89 Å². The van der Waals surface area contributed by atoms with Gasteiger partial charge in [0.25, 0.3) is 7.82 Å². The number of carbonyl (C=O) groups excluding carboxylic acids is 1. The van der Waals surface area contributed by atoms with E-state index in [4.69, 9.17) is 18.5 Å². The van der Waals surface area contributed by atoms with Crippen LogP contribution in [0.15, 0.2) is 24.5 Å². The van der Waals surface area contributed by atoms with E-state index in [1.165, 1.54) is 135 Å². The van der Waals surface area contributed by atoms with Gasteiger partial charge in [-0.1, -0.05) is 161 Å². The van der Waals surface area contributed by atoms with Crippen LogP contribution in [0.25, 0.3) is 0 Å². The number of unbranched alkanes of at least 4 members (excludes halogenated alkanes) is 25. The SMILES string of the molecule is CCCCCCCC/C=C/CCCCCCCC(=O)O[C@H](CO/C=C/CCCCCCCCCCCCCCCC)COP(=O)([O-])OCC[N+](C)(C)C. The van der Waals surface area contributed by atoms with Gasteiger partial charge in [-0.15, -0.1) is 0 Å². The number of likely N-dealkylation sites (N-methyl/N-ethyl adjacent to an activating group) is 1. The highest BCUT2D eigenvalue weighted by Gasteiger charge is 2.20. The maximum atomic E-state index is 12.6. The molecule has 0 aliphatic rings. The van der Waals surface area contributed by atoms with Crippen molar-refractivity contribution < 1.29 is 37.3 Å². The minimum absolute atomic E-state index is 0.0166. The van der Waals surface area contributed by atoms with E-state index < -0.39 is 13.9 Å². The molecule has 314 valence electrons. The third-order valence-electron chi connectivity index (χ3n) is 9.57. The van der Waals surface area contributed by atoms with E-state index in [0.29, 0.717) is 17.4 Å². The molecular weight excluding hydrogens is 685 g/mol. The van der Waals surface area contributed by atoms with Gasteiger partial charge < -0.3 is 27.9 Å². The van der Waals surface area contributed by atoms with Crippen molar-refractivity contribution in [2.45, 2.75) is 206 Å². The molecule has 0 aromatic carbocycles. The normalized spacial score (nSPS) is 13.9. The predicted octanol–water partition coefficient (Wildman–Crippen LogP) is 12.5. The van der Waals surface area contributed by atoms with Crippen molar-refractivity contribution >= 4 is 13.8 Å². The van der Waals surface area contributed by atoms with Gasteiger partial charge in [0.1, 0.15) is 19.8 Å². The number of phosphoric acid groups is 1. The number of ether oxygens (including phenoxy) is 2. The Kier molecular flexibility index (Phi) is 36.9. The summed E-state index contributed by atoms with van der Waals surface area (Å²) in [6.07, 6.45) is 42.8. The molecule has 0 fully saturated rings. The monoisotopic (exact) mass is 772 g/mol. The Morgan fingerprint density at radius 3 is 1.45 bits per heavy atom. The number of carbonyl (C=O) groups is 1. The van der Waals surface area contributed by atoms with Crippen molar-refractivity contribution in [3.8, 4) is 0 Å². The average molecular weight is 772 g/mol. The number of hydrogen-bond acceptors (Lipinski definition) is 7. The minimum Gasteiger partial charge on any atom is -0.756 e. The number of phosphoric ester groups is 1. The fourth-order valence-electron chi connectivity index (χ4n) is 6.09. The van der Waals surface area contributed by atoms with E-state index in [0.717, 1.165) is 44.9 Å². The van der Waals surface area contributed by atoms with Gasteiger partial charge >= 0.3 is 5.97 Å². The van der Waals surface area contributed by atoms with Crippen LogP contribution in [-0.2, 0) is 27.9 Å². The standard InChI is InChI=1S/C44H86NO7P/c1-6-8-10-12-14-16-18-20-22-24-26-28-30-32-34-36-39-49-41-43(42-51-53(47,48)50-40-38-45(3,4)5)52-44(46)37-35-33-31-29-27-25-23-21-19-17-15-13-11-9-7-2/h21,23,36,39,43H,6-20,22,24-35,37-38,40-42H2,1-5H3/b23-21+,39-36+/t43-/m1/s1. The quantitative estimate of drug-likeness (QED) is 0.0152. The zero-order valence-corrected chi connectivity index (χ0v) is 36.4. The summed E-state index contributed by atoms with van der Waals surface area (Å²) in [5.41, 5.74) is 0. The van der Waals surface area contributed by atoms with Crippen LogP contribution in [-0.4, -0.2) is 64.1 Å². The molecular formula is C44H86NO7P. The summed E-state index contributed by atoms with van der Waals surface area (Å²) in [4.78, 5) is 25.0. The summed E-state index contributed by atoms with van der Waals surface area (Å²) < 4.78 is 34.3. The Morgan fingerprint density at radius 1 is 0.585 bits per heavy atom. The molecule has 9 heteroatoms. The highest BCUT2D eigenvalue weighted by atomic mass is 31.2. The van der Waals surface area contributed by atoms with Crippen LogP contribution in [0.4, 0.5) is 0 Å². The van der Waals surface area contributed by atoms with Gasteiger partial charge in [0, 0.05) is 6.42 Å². The van der Waals surface area contributed by atoms with Crippen LogP contribution in [0.5, 0.6) is 0 Å². The maximum Gasteiger partial charge on any atom is 0.306 e. The van der Waals surface area contributed by atoms with Crippen molar-refractivity contribution in [1.29, 1.82) is 0 Å². The molecule has 0 amide bonds. The highest BCUT2D eigenvalue weighted by Crippen LogP contribution is 2.38. The number of hydrogen-bond donors (Lipinski definition) is 0. The molecule has 0 aliphatic heterocycles. The Hall–Kier alpha value is -1.18. The molecule has 0 bridgehead atoms. The second-order valence-corrected chi connectivity index (χ2v) is 17.5. The molecule has 0 saturated carbocycles. The Labute approximate surface area is 328 Å². The first-order chi connectivity index (χ1) is 25.6. The molecule has 0 N–H and O–H groups in total. The lowest BCUT2D eigenvalue weighted by atomic mass is 10.0. The number of nitrogens with zero attached hydrogens (tertiary/aromatic N) is 1. The number of allylic oxidation sites excluding steroid dienone is 3. The molecule has 0 rings (SSSR count). The average Bonchev–Trinajstić information content (AvgIpc) is 3.11. The van der Waals surface area contributed by atoms with E-state index in [1.807, 2.05) is 27.2 Å². The summed E-state index contributed by atoms with van der Waals surface area (Å²) in [7, 11) is 1.32. The zero-order chi connectivity index (χ0) is 39.1. The molecule has 0 spiro atoms. The van der Waals surface area contributed by atoms with Gasteiger partial charge in [-0.25, -0.2) is 0 Å². The highest BCUT2D eigenvalue weighted by molar-refractivity contribution is 7.45. The Morgan fingerprint density at radius 2 is 1.00 bits per heavy atom. The first kappa shape index (κ1) is 51.8. The third kappa shape index (κ3) is 41.8. The second-order valence-electron chi connectivity index (χ2n) is 16.1. The molecule has 0 aromatic heterocycles. The van der Waals surface area contributed by atoms with Crippen molar-refractivity contribution in [3.05, 3.63) is 24.5 Å². The van der Waals surface area contributed by atoms with Crippen molar-refractivity contribution in [1.82, 2.24) is 0 Å². The summed E-state index contributed by atoms with van der Waals surface area (Å²) >= 11 is 0. The number of esters is 1. The number of rotatable bonds is 41. The molecule has 0 heterocycles. The first-order valence-corrected chi connectivity index (χ1v) is 23.6. The maximum absolute atomic E-state index is 12.6. The van der Waals surface area contributed by atoms with Gasteiger partial charge in [-0.3, -0.25) is 9.36 Å². The van der Waals surface area contributed by atoms with Crippen molar-refractivity contribution in [2.75, 3.05) is 47.5 Å². The van der Waals surface area contributed by atoms with E-state index in [1.54, 1.807) is 6.26 Å². The summed E-state index contributed by atoms with van der Waals surface area (Å²) in [6.45, 7) is 4.74. The minimum atomic E-state index is -4.54. The van der Waals surface area contributed by atoms with E-state index >= 15 is 0 Å². The molecule has 53 heavy (non-hydrogen) atoms. The summed E-state index contributed by atoms with van der Waals surface area (Å²) in [5.74, 6) is -0.363. The van der Waals surface area contributed by atoms with Crippen LogP contribution in [0.3, 0.4) is 0 Å². The van der Waals surface area contributed by atoms with Gasteiger partial charge in [0.15, 0.2) is 6.10 Å². The zero-order valence-electron chi connectivity index (χ0n) is 35.5. The largest absolute Gasteiger partial charge is 0.756 e. The van der Waals surface area contributed by atoms with E-state index in [2.05, 4.69) is 26.0 Å². The topological polar surface area (TPSA) is 94.1 Å². The lowest BCUT2D eigenvalue weighted by Gasteiger charge is -2.28. The van der Waals surface area contributed by atoms with Gasteiger partial charge in [0.05, 0.1) is 34.0 Å². The predicted molar refractivity (Wildman–Crippen MR) is 222 cm³/mol. The molecule has 0 aromatic rings. The fourth-order valence-corrected chi connectivity index (χ4v) is 6.82. The summed E-state index contributed by atoms with van der Waals surface area (Å²) in [5, 5.41) is 0. The molecule has 0 radical (unpaired) electrons. The van der Waals surface area contributed by atoms with Crippen molar-refractivity contribution in [3.63, 3.8) is 0 Å². The van der Waals surface area contributed by atoms with Gasteiger partial charge in [-0.05, 0) is 51.0 Å². The van der Waals surface area contributed by atoms with Crippen LogP contribution in [0, 0.1) is 0 Å². The summed E-state index contributed by atoms with van der Waals surface area (Å²) in [6, 6.07) is 0. The molecule has 0 aliphatic carbocycles. The van der Waals surface area contributed by atoms with E-state index in [9.17, 15) is 14.3 Å².